The van der Waals surface area contributed by atoms with E-state index in [4.69, 9.17) is 20.3 Å². The van der Waals surface area contributed by atoms with Crippen LogP contribution in [0.25, 0.3) is 0 Å². The van der Waals surface area contributed by atoms with Crippen molar-refractivity contribution in [2.45, 2.75) is 6.42 Å². The molecule has 0 aromatic carbocycles. The smallest absolute Gasteiger partial charge is 0.481 e. The maximum absolute atomic E-state index is 9.43. The molecule has 6 N–H and O–H groups in total. The van der Waals surface area contributed by atoms with E-state index in [9.17, 15) is 9.59 Å². The number of nitrogens with two attached hydrogens (primary N) is 1. The maximum atomic E-state index is 9.43. The molecule has 64 valence electrons. The molecule has 0 aromatic rings. The molecule has 0 amide bonds. The number of aliphatic carboxylic acids is 2. The van der Waals surface area contributed by atoms with Crippen LogP contribution in [0.3, 0.4) is 0 Å². The van der Waals surface area contributed by atoms with Crippen LogP contribution in [-0.4, -0.2) is 39.5 Å². The van der Waals surface area contributed by atoms with Gasteiger partial charge in [-0.3, -0.25) is 9.59 Å². The molecular formula is C3H8BNO6. The third-order valence-electron chi connectivity index (χ3n) is 0.302. The van der Waals surface area contributed by atoms with Crippen molar-refractivity contribution < 1.29 is 29.9 Å². The van der Waals surface area contributed by atoms with Crippen LogP contribution >= 0.6 is 0 Å². The quantitative estimate of drug-likeness (QED) is 0.224. The highest BCUT2D eigenvalue weighted by molar-refractivity contribution is 6.36. The van der Waals surface area contributed by atoms with Gasteiger partial charge in [-0.25, -0.2) is 0 Å². The summed E-state index contributed by atoms with van der Waals surface area (Å²) in [5, 5.41) is 30.2. The van der Waals surface area contributed by atoms with Gasteiger partial charge in [0.05, 0.1) is 0 Å². The Bertz CT molecular complexity index is 121. The Balaban J connectivity index is 0. The van der Waals surface area contributed by atoms with Crippen LogP contribution in [0, 0.1) is 0 Å². The summed E-state index contributed by atoms with van der Waals surface area (Å²) in [6.07, 6.45) is -0.806. The van der Waals surface area contributed by atoms with Gasteiger partial charge in [0.2, 0.25) is 0 Å². The van der Waals surface area contributed by atoms with E-state index in [0.717, 1.165) is 0 Å². The topological polar surface area (TPSA) is 141 Å². The van der Waals surface area contributed by atoms with E-state index < -0.39 is 25.6 Å². The van der Waals surface area contributed by atoms with Crippen molar-refractivity contribution in [2.75, 3.05) is 0 Å². The van der Waals surface area contributed by atoms with E-state index in [1.807, 2.05) is 0 Å². The molecule has 0 aromatic heterocycles. The predicted octanol–water partition coefficient (Wildman–Crippen LogP) is -2.54. The molecule has 11 heavy (non-hydrogen) atoms. The average molecular weight is 165 g/mol. The zero-order valence-corrected chi connectivity index (χ0v) is 5.47. The largest absolute Gasteiger partial charge is 0.546 e. The molecule has 0 spiro atoms. The Morgan fingerprint density at radius 1 is 1.18 bits per heavy atom. The summed E-state index contributed by atoms with van der Waals surface area (Å²) in [7, 11) is -1.67. The number of carboxylic acids is 2. The summed E-state index contributed by atoms with van der Waals surface area (Å²) in [6.45, 7) is 0. The van der Waals surface area contributed by atoms with Crippen LogP contribution in [0.4, 0.5) is 0 Å². The molecule has 0 fully saturated rings. The zero-order valence-electron chi connectivity index (χ0n) is 5.47. The first-order valence-corrected chi connectivity index (χ1v) is 2.41. The molecule has 0 heterocycles. The first-order valence-electron chi connectivity index (χ1n) is 2.41. The van der Waals surface area contributed by atoms with Gasteiger partial charge in [0.1, 0.15) is 6.42 Å². The zero-order chi connectivity index (χ0) is 9.44. The van der Waals surface area contributed by atoms with Crippen molar-refractivity contribution in [3.8, 4) is 0 Å². The van der Waals surface area contributed by atoms with E-state index in [-0.39, 0.29) is 0 Å². The van der Waals surface area contributed by atoms with E-state index in [0.29, 0.717) is 0 Å². The SMILES string of the molecule is NB(O)O.O=C(O)CC(=O)O. The molecule has 0 atom stereocenters. The van der Waals surface area contributed by atoms with Crippen LogP contribution in [-0.2, 0) is 9.59 Å². The molecular weight excluding hydrogens is 157 g/mol. The van der Waals surface area contributed by atoms with Gasteiger partial charge < -0.3 is 25.9 Å². The van der Waals surface area contributed by atoms with Crippen LogP contribution in [0.15, 0.2) is 0 Å². The molecule has 0 saturated carbocycles. The standard InChI is InChI=1S/C3H4O4.BH4NO2/c4-2(5)1-3(6)7;2-1(3)4/h1H2,(H,4,5)(H,6,7);3-4H,2H2. The highest BCUT2D eigenvalue weighted by atomic mass is 16.4. The molecule has 0 radical (unpaired) electrons. The van der Waals surface area contributed by atoms with Crippen molar-refractivity contribution in [1.82, 2.24) is 0 Å². The van der Waals surface area contributed by atoms with Crippen molar-refractivity contribution >= 4 is 19.2 Å². The fraction of sp³-hybridized carbons (Fsp3) is 0.333. The lowest BCUT2D eigenvalue weighted by Gasteiger charge is -1.80. The third kappa shape index (κ3) is 50.6. The summed E-state index contributed by atoms with van der Waals surface area (Å²) < 4.78 is 0. The van der Waals surface area contributed by atoms with Gasteiger partial charge in [-0.05, 0) is 0 Å². The fourth-order valence-electron chi connectivity index (χ4n) is 0.129. The lowest BCUT2D eigenvalue weighted by molar-refractivity contribution is -0.147. The fourth-order valence-corrected chi connectivity index (χ4v) is 0.129. The molecule has 0 aliphatic heterocycles. The van der Waals surface area contributed by atoms with Gasteiger partial charge in [-0.1, -0.05) is 0 Å². The van der Waals surface area contributed by atoms with Crippen molar-refractivity contribution in [3.05, 3.63) is 0 Å². The van der Waals surface area contributed by atoms with E-state index in [2.05, 4.69) is 5.64 Å². The second-order valence-electron chi connectivity index (χ2n) is 1.38. The predicted molar refractivity (Wildman–Crippen MR) is 34.3 cm³/mol. The van der Waals surface area contributed by atoms with Crippen molar-refractivity contribution in [1.29, 1.82) is 0 Å². The van der Waals surface area contributed by atoms with Gasteiger partial charge in [0, 0.05) is 0 Å². The van der Waals surface area contributed by atoms with E-state index in [1.54, 1.807) is 0 Å². The second-order valence-corrected chi connectivity index (χ2v) is 1.38. The molecule has 0 aliphatic rings. The molecule has 0 bridgehead atoms. The molecule has 0 rings (SSSR count). The first-order chi connectivity index (χ1) is 4.86. The lowest BCUT2D eigenvalue weighted by atomic mass is 10.2. The minimum atomic E-state index is -1.67. The number of carboxylic acid groups (broad SMARTS) is 2. The summed E-state index contributed by atoms with van der Waals surface area (Å²) in [5.41, 5.74) is 4.22. The highest BCUT2D eigenvalue weighted by Crippen LogP contribution is 1.74. The number of rotatable bonds is 2. The monoisotopic (exact) mass is 165 g/mol. The lowest BCUT2D eigenvalue weighted by Crippen LogP contribution is -2.23. The number of carbonyl (C=O) groups is 2. The minimum Gasteiger partial charge on any atom is -0.481 e. The normalized spacial score (nSPS) is 7.55. The number of hydrogen-bond donors (Lipinski definition) is 5. The molecule has 0 aliphatic carbocycles. The van der Waals surface area contributed by atoms with Crippen LogP contribution in [0.2, 0.25) is 0 Å². The Kier molecular flexibility index (Phi) is 7.98. The van der Waals surface area contributed by atoms with E-state index >= 15 is 0 Å². The molecule has 0 unspecified atom stereocenters. The van der Waals surface area contributed by atoms with Crippen LogP contribution < -0.4 is 5.64 Å². The molecule has 0 saturated heterocycles. The van der Waals surface area contributed by atoms with Gasteiger partial charge in [0.25, 0.3) is 0 Å². The summed E-state index contributed by atoms with van der Waals surface area (Å²) in [4.78, 5) is 18.9. The van der Waals surface area contributed by atoms with Gasteiger partial charge in [-0.2, -0.15) is 0 Å². The Morgan fingerprint density at radius 2 is 1.36 bits per heavy atom. The molecule has 8 heteroatoms. The summed E-state index contributed by atoms with van der Waals surface area (Å²) in [5.74, 6) is -2.62. The van der Waals surface area contributed by atoms with Crippen LogP contribution in [0.1, 0.15) is 6.42 Å². The third-order valence-corrected chi connectivity index (χ3v) is 0.302. The van der Waals surface area contributed by atoms with Crippen molar-refractivity contribution in [2.24, 2.45) is 5.64 Å². The van der Waals surface area contributed by atoms with E-state index in [1.165, 1.54) is 0 Å². The maximum Gasteiger partial charge on any atom is 0.546 e. The van der Waals surface area contributed by atoms with Crippen LogP contribution in [0.5, 0.6) is 0 Å². The van der Waals surface area contributed by atoms with Gasteiger partial charge in [-0.15, -0.1) is 0 Å². The summed E-state index contributed by atoms with van der Waals surface area (Å²) in [6, 6.07) is 0. The van der Waals surface area contributed by atoms with Gasteiger partial charge in [0.15, 0.2) is 0 Å². The number of hydrogen-bond acceptors (Lipinski definition) is 5. The second kappa shape index (κ2) is 7.00. The van der Waals surface area contributed by atoms with Crippen molar-refractivity contribution in [3.63, 3.8) is 0 Å². The Labute approximate surface area is 62.2 Å². The summed E-state index contributed by atoms with van der Waals surface area (Å²) >= 11 is 0. The first kappa shape index (κ1) is 12.6. The minimum absolute atomic E-state index is 0.806. The van der Waals surface area contributed by atoms with Gasteiger partial charge >= 0.3 is 19.2 Å². The Hall–Kier alpha value is -1.12. The average Bonchev–Trinajstić information content (AvgIpc) is 1.56. The molecule has 7 nitrogen and oxygen atoms in total. The Morgan fingerprint density at radius 3 is 1.36 bits per heavy atom. The highest BCUT2D eigenvalue weighted by Gasteiger charge is 2.01.